The average Bonchev–Trinajstić information content (AvgIpc) is 2.47. The quantitative estimate of drug-likeness (QED) is 0.823. The molecule has 2 nitrogen and oxygen atoms in total. The summed E-state index contributed by atoms with van der Waals surface area (Å²) < 4.78 is 5.40. The Morgan fingerprint density at radius 2 is 2.05 bits per heavy atom. The number of hydrogen-bond donors (Lipinski definition) is 0. The van der Waals surface area contributed by atoms with Crippen molar-refractivity contribution in [2.75, 3.05) is 20.7 Å². The van der Waals surface area contributed by atoms with E-state index in [1.807, 2.05) is 0 Å². The summed E-state index contributed by atoms with van der Waals surface area (Å²) in [5, 5.41) is 0.698. The first-order valence-corrected chi connectivity index (χ1v) is 7.61. The van der Waals surface area contributed by atoms with Gasteiger partial charge in [0.2, 0.25) is 0 Å². The summed E-state index contributed by atoms with van der Waals surface area (Å²) in [5.74, 6) is 0.753. The lowest BCUT2D eigenvalue weighted by molar-refractivity contribution is 0.264. The van der Waals surface area contributed by atoms with E-state index in [1.54, 1.807) is 7.11 Å². The van der Waals surface area contributed by atoms with Gasteiger partial charge in [-0.1, -0.05) is 41.4 Å². The van der Waals surface area contributed by atoms with Crippen molar-refractivity contribution < 1.29 is 4.74 Å². The largest absolute Gasteiger partial charge is 0.495 e. The predicted molar refractivity (Wildman–Crippen MR) is 87.4 cm³/mol. The van der Waals surface area contributed by atoms with Gasteiger partial charge in [0.15, 0.2) is 0 Å². The van der Waals surface area contributed by atoms with E-state index in [1.165, 1.54) is 22.3 Å². The van der Waals surface area contributed by atoms with E-state index in [0.29, 0.717) is 5.02 Å². The van der Waals surface area contributed by atoms with Crippen LogP contribution in [0.3, 0.4) is 0 Å². The molecule has 1 aliphatic rings. The van der Waals surface area contributed by atoms with E-state index in [0.717, 1.165) is 18.7 Å². The summed E-state index contributed by atoms with van der Waals surface area (Å²) in [6, 6.07) is 13.1. The maximum atomic E-state index is 6.28. The van der Waals surface area contributed by atoms with E-state index >= 15 is 0 Å². The topological polar surface area (TPSA) is 12.5 Å². The van der Waals surface area contributed by atoms with E-state index in [-0.39, 0.29) is 6.04 Å². The Morgan fingerprint density at radius 1 is 1.24 bits per heavy atom. The van der Waals surface area contributed by atoms with Crippen LogP contribution in [0.4, 0.5) is 0 Å². The number of hydrogen-bond acceptors (Lipinski definition) is 2. The second-order valence-electron chi connectivity index (χ2n) is 5.73. The van der Waals surface area contributed by atoms with Gasteiger partial charge in [-0.05, 0) is 49.2 Å². The van der Waals surface area contributed by atoms with Gasteiger partial charge in [-0.2, -0.15) is 0 Å². The third kappa shape index (κ3) is 2.66. The molecule has 3 rings (SSSR count). The molecule has 0 radical (unpaired) electrons. The van der Waals surface area contributed by atoms with Crippen LogP contribution in [0.1, 0.15) is 28.3 Å². The number of ether oxygens (including phenoxy) is 1. The summed E-state index contributed by atoms with van der Waals surface area (Å²) in [5.41, 5.74) is 5.23. The van der Waals surface area contributed by atoms with Crippen LogP contribution in [-0.2, 0) is 6.42 Å². The van der Waals surface area contributed by atoms with Crippen LogP contribution in [-0.4, -0.2) is 25.6 Å². The predicted octanol–water partition coefficient (Wildman–Crippen LogP) is 4.23. The molecule has 0 fully saturated rings. The zero-order chi connectivity index (χ0) is 15.0. The zero-order valence-electron chi connectivity index (χ0n) is 12.7. The molecule has 0 amide bonds. The highest BCUT2D eigenvalue weighted by Crippen LogP contribution is 2.39. The van der Waals surface area contributed by atoms with Crippen molar-refractivity contribution in [2.24, 2.45) is 0 Å². The third-order valence-corrected chi connectivity index (χ3v) is 4.54. The van der Waals surface area contributed by atoms with Crippen molar-refractivity contribution in [2.45, 2.75) is 19.4 Å². The molecule has 0 aliphatic carbocycles. The Bertz CT molecular complexity index is 668. The summed E-state index contributed by atoms with van der Waals surface area (Å²) in [6.45, 7) is 3.17. The molecule has 2 aromatic rings. The second-order valence-corrected chi connectivity index (χ2v) is 6.14. The molecule has 110 valence electrons. The fourth-order valence-corrected chi connectivity index (χ4v) is 3.44. The van der Waals surface area contributed by atoms with Gasteiger partial charge < -0.3 is 4.74 Å². The van der Waals surface area contributed by atoms with Crippen LogP contribution in [0.15, 0.2) is 36.4 Å². The molecule has 1 atom stereocenters. The molecule has 3 heteroatoms. The molecule has 0 N–H and O–H groups in total. The highest BCUT2D eigenvalue weighted by Gasteiger charge is 2.27. The Kier molecular flexibility index (Phi) is 3.92. The Balaban J connectivity index is 2.14. The fraction of sp³-hybridized carbons (Fsp3) is 0.333. The number of nitrogens with zero attached hydrogens (tertiary/aromatic N) is 1. The van der Waals surface area contributed by atoms with E-state index in [2.05, 4.69) is 55.3 Å². The van der Waals surface area contributed by atoms with Crippen molar-refractivity contribution in [1.82, 2.24) is 4.90 Å². The summed E-state index contributed by atoms with van der Waals surface area (Å²) in [6.07, 6.45) is 1.03. The van der Waals surface area contributed by atoms with E-state index in [4.69, 9.17) is 16.3 Å². The molecule has 0 spiro atoms. The van der Waals surface area contributed by atoms with Gasteiger partial charge in [-0.15, -0.1) is 0 Å². The van der Waals surface area contributed by atoms with Crippen LogP contribution in [0.2, 0.25) is 5.02 Å². The van der Waals surface area contributed by atoms with Crippen molar-refractivity contribution in [3.05, 3.63) is 63.7 Å². The Morgan fingerprint density at radius 3 is 2.76 bits per heavy atom. The number of rotatable bonds is 2. The number of aryl methyl sites for hydroxylation is 1. The molecule has 1 unspecified atom stereocenters. The number of fused-ring (bicyclic) bond motifs is 1. The minimum absolute atomic E-state index is 0.264. The van der Waals surface area contributed by atoms with Gasteiger partial charge in [-0.3, -0.25) is 4.90 Å². The van der Waals surface area contributed by atoms with Crippen LogP contribution >= 0.6 is 11.6 Å². The van der Waals surface area contributed by atoms with Gasteiger partial charge in [0.1, 0.15) is 5.75 Å². The Hall–Kier alpha value is -1.51. The number of methoxy groups -OCH3 is 1. The highest BCUT2D eigenvalue weighted by atomic mass is 35.5. The van der Waals surface area contributed by atoms with Crippen molar-refractivity contribution in [3.8, 4) is 5.75 Å². The first-order chi connectivity index (χ1) is 10.1. The normalized spacial score (nSPS) is 18.4. The molecule has 1 aliphatic heterocycles. The first kappa shape index (κ1) is 14.4. The second kappa shape index (κ2) is 5.70. The van der Waals surface area contributed by atoms with E-state index in [9.17, 15) is 0 Å². The number of likely N-dealkylation sites (N-methyl/N-ethyl adjacent to an activating group) is 1. The minimum Gasteiger partial charge on any atom is -0.495 e. The van der Waals surface area contributed by atoms with Crippen molar-refractivity contribution >= 4 is 11.6 Å². The fourth-order valence-electron chi connectivity index (χ4n) is 3.18. The van der Waals surface area contributed by atoms with Crippen LogP contribution in [0, 0.1) is 6.92 Å². The SMILES string of the molecule is COc1cc2c(cc1Cl)CCN(C)C2c1cccc(C)c1. The van der Waals surface area contributed by atoms with E-state index < -0.39 is 0 Å². The monoisotopic (exact) mass is 301 g/mol. The first-order valence-electron chi connectivity index (χ1n) is 7.23. The maximum Gasteiger partial charge on any atom is 0.137 e. The maximum absolute atomic E-state index is 6.28. The summed E-state index contributed by atoms with van der Waals surface area (Å²) in [4.78, 5) is 2.39. The minimum atomic E-state index is 0.264. The molecule has 0 bridgehead atoms. The molecule has 0 aromatic heterocycles. The molecule has 2 aromatic carbocycles. The molecular formula is C18H20ClNO. The molecule has 0 saturated carbocycles. The van der Waals surface area contributed by atoms with Gasteiger partial charge in [0.05, 0.1) is 18.2 Å². The smallest absolute Gasteiger partial charge is 0.137 e. The molecule has 1 heterocycles. The van der Waals surface area contributed by atoms with Crippen molar-refractivity contribution in [1.29, 1.82) is 0 Å². The van der Waals surface area contributed by atoms with Crippen LogP contribution < -0.4 is 4.74 Å². The number of halogens is 1. The van der Waals surface area contributed by atoms with Crippen LogP contribution in [0.5, 0.6) is 5.75 Å². The summed E-state index contributed by atoms with van der Waals surface area (Å²) in [7, 11) is 3.85. The van der Waals surface area contributed by atoms with Gasteiger partial charge in [-0.25, -0.2) is 0 Å². The average molecular weight is 302 g/mol. The zero-order valence-corrected chi connectivity index (χ0v) is 13.4. The van der Waals surface area contributed by atoms with Gasteiger partial charge in [0, 0.05) is 6.54 Å². The summed E-state index contributed by atoms with van der Waals surface area (Å²) >= 11 is 6.28. The molecular weight excluding hydrogens is 282 g/mol. The van der Waals surface area contributed by atoms with Gasteiger partial charge in [0.25, 0.3) is 0 Å². The standard InChI is InChI=1S/C18H20ClNO/c1-12-5-4-6-14(9-12)18-15-11-17(21-3)16(19)10-13(15)7-8-20(18)2/h4-6,9-11,18H,7-8H2,1-3H3. The Labute approximate surface area is 131 Å². The lowest BCUT2D eigenvalue weighted by atomic mass is 9.88. The lowest BCUT2D eigenvalue weighted by Gasteiger charge is -2.35. The van der Waals surface area contributed by atoms with Crippen molar-refractivity contribution in [3.63, 3.8) is 0 Å². The number of benzene rings is 2. The molecule has 21 heavy (non-hydrogen) atoms. The highest BCUT2D eigenvalue weighted by molar-refractivity contribution is 6.32. The van der Waals surface area contributed by atoms with Crippen LogP contribution in [0.25, 0.3) is 0 Å². The van der Waals surface area contributed by atoms with Gasteiger partial charge >= 0.3 is 0 Å². The molecule has 0 saturated heterocycles. The lowest BCUT2D eigenvalue weighted by Crippen LogP contribution is -2.32. The third-order valence-electron chi connectivity index (χ3n) is 4.24.